The fourth-order valence-corrected chi connectivity index (χ4v) is 4.60. The molecule has 4 rings (SSSR count). The lowest BCUT2D eigenvalue weighted by Gasteiger charge is -2.40. The number of ether oxygens (including phenoxy) is 1. The molecular weight excluding hydrogens is 432 g/mol. The van der Waals surface area contributed by atoms with E-state index < -0.39 is 5.60 Å². The first kappa shape index (κ1) is 24.0. The van der Waals surface area contributed by atoms with Crippen LogP contribution in [0.1, 0.15) is 38.8 Å². The molecule has 0 radical (unpaired) electrons. The third-order valence-corrected chi connectivity index (χ3v) is 6.28. The molecule has 2 amide bonds. The Morgan fingerprint density at radius 2 is 1.82 bits per heavy atom. The average molecular weight is 467 g/mol. The highest BCUT2D eigenvalue weighted by Crippen LogP contribution is 2.27. The molecular formula is C26H34N4O4. The molecule has 8 heteroatoms. The third kappa shape index (κ3) is 5.50. The van der Waals surface area contributed by atoms with E-state index in [1.165, 1.54) is 0 Å². The molecule has 1 aromatic heterocycles. The molecule has 1 atom stereocenters. The molecule has 2 aromatic rings. The molecule has 182 valence electrons. The van der Waals surface area contributed by atoms with Crippen molar-refractivity contribution in [3.63, 3.8) is 0 Å². The van der Waals surface area contributed by atoms with Gasteiger partial charge in [-0.2, -0.15) is 0 Å². The standard InChI is InChI=1S/C26H34N4O4/c1-19-15-27(12-13-29(19)25(33)34-26(2,3)4)18-24(32)30-11-10-21-14-23(31)28(17-22(21)30)16-20-8-6-5-7-9-20/h5-9,14,17,19H,10-13,15-16,18H2,1-4H3/t19-/m1/s1. The van der Waals surface area contributed by atoms with Crippen molar-refractivity contribution in [2.45, 2.75) is 52.3 Å². The van der Waals surface area contributed by atoms with Gasteiger partial charge in [-0.05, 0) is 45.2 Å². The Bertz CT molecular complexity index is 1110. The molecule has 0 spiro atoms. The number of hydrogen-bond acceptors (Lipinski definition) is 5. The van der Waals surface area contributed by atoms with E-state index in [0.717, 1.165) is 16.8 Å². The van der Waals surface area contributed by atoms with Crippen LogP contribution in [-0.4, -0.2) is 70.7 Å². The molecule has 0 aliphatic carbocycles. The number of rotatable bonds is 4. The van der Waals surface area contributed by atoms with E-state index >= 15 is 0 Å². The van der Waals surface area contributed by atoms with Crippen LogP contribution in [0.5, 0.6) is 0 Å². The molecule has 2 aliphatic heterocycles. The number of carbonyl (C=O) groups is 2. The van der Waals surface area contributed by atoms with Gasteiger partial charge in [0.1, 0.15) is 5.60 Å². The van der Waals surface area contributed by atoms with Gasteiger partial charge in [0.2, 0.25) is 5.91 Å². The second kappa shape index (κ2) is 9.62. The number of piperazine rings is 1. The van der Waals surface area contributed by atoms with E-state index in [1.807, 2.05) is 64.2 Å². The first-order valence-corrected chi connectivity index (χ1v) is 11.9. The predicted molar refractivity (Wildman–Crippen MR) is 131 cm³/mol. The Kier molecular flexibility index (Phi) is 6.79. The van der Waals surface area contributed by atoms with Crippen molar-refractivity contribution < 1.29 is 14.3 Å². The highest BCUT2D eigenvalue weighted by atomic mass is 16.6. The molecule has 0 bridgehead atoms. The Labute approximate surface area is 200 Å². The highest BCUT2D eigenvalue weighted by molar-refractivity contribution is 5.96. The summed E-state index contributed by atoms with van der Waals surface area (Å²) in [7, 11) is 0. The van der Waals surface area contributed by atoms with Crippen molar-refractivity contribution in [2.24, 2.45) is 0 Å². The fraction of sp³-hybridized carbons (Fsp3) is 0.500. The van der Waals surface area contributed by atoms with Crippen LogP contribution >= 0.6 is 0 Å². The maximum atomic E-state index is 13.2. The molecule has 0 N–H and O–H groups in total. The van der Waals surface area contributed by atoms with Gasteiger partial charge in [0, 0.05) is 44.5 Å². The SMILES string of the molecule is C[C@@H]1CN(CC(=O)N2CCc3cc(=O)n(Cc4ccccc4)cc32)CCN1C(=O)OC(C)(C)C. The third-order valence-electron chi connectivity index (χ3n) is 6.28. The Hall–Kier alpha value is -3.13. The van der Waals surface area contributed by atoms with Crippen LogP contribution in [0.3, 0.4) is 0 Å². The number of nitrogens with zero attached hydrogens (tertiary/aromatic N) is 4. The van der Waals surface area contributed by atoms with Crippen LogP contribution in [0.25, 0.3) is 0 Å². The van der Waals surface area contributed by atoms with Crippen molar-refractivity contribution >= 4 is 17.7 Å². The average Bonchev–Trinajstić information content (AvgIpc) is 3.16. The number of pyridine rings is 1. The zero-order valence-electron chi connectivity index (χ0n) is 20.5. The topological polar surface area (TPSA) is 75.1 Å². The maximum Gasteiger partial charge on any atom is 0.410 e. The number of aromatic nitrogens is 1. The van der Waals surface area contributed by atoms with Crippen LogP contribution < -0.4 is 10.5 Å². The first-order valence-electron chi connectivity index (χ1n) is 11.9. The molecule has 3 heterocycles. The van der Waals surface area contributed by atoms with Gasteiger partial charge in [0.25, 0.3) is 5.56 Å². The summed E-state index contributed by atoms with van der Waals surface area (Å²) in [6.45, 7) is 10.6. The van der Waals surface area contributed by atoms with Gasteiger partial charge >= 0.3 is 6.09 Å². The minimum absolute atomic E-state index is 0.0154. The number of benzene rings is 1. The summed E-state index contributed by atoms with van der Waals surface area (Å²) in [5, 5.41) is 0. The summed E-state index contributed by atoms with van der Waals surface area (Å²) in [5.41, 5.74) is 2.20. The lowest BCUT2D eigenvalue weighted by atomic mass is 10.2. The Morgan fingerprint density at radius 3 is 2.50 bits per heavy atom. The predicted octanol–water partition coefficient (Wildman–Crippen LogP) is 2.73. The number of carbonyl (C=O) groups excluding carboxylic acids is 2. The van der Waals surface area contributed by atoms with Gasteiger partial charge in [-0.1, -0.05) is 30.3 Å². The second-order valence-corrected chi connectivity index (χ2v) is 10.2. The van der Waals surface area contributed by atoms with Crippen LogP contribution in [0, 0.1) is 0 Å². The van der Waals surface area contributed by atoms with Gasteiger partial charge in [0.15, 0.2) is 0 Å². The van der Waals surface area contributed by atoms with E-state index in [1.54, 1.807) is 20.4 Å². The molecule has 34 heavy (non-hydrogen) atoms. The summed E-state index contributed by atoms with van der Waals surface area (Å²) in [6.07, 6.45) is 2.19. The molecule has 8 nitrogen and oxygen atoms in total. The molecule has 1 saturated heterocycles. The quantitative estimate of drug-likeness (QED) is 0.693. The molecule has 0 saturated carbocycles. The monoisotopic (exact) mass is 466 g/mol. The largest absolute Gasteiger partial charge is 0.444 e. The van der Waals surface area contributed by atoms with E-state index in [2.05, 4.69) is 4.90 Å². The zero-order valence-corrected chi connectivity index (χ0v) is 20.5. The number of fused-ring (bicyclic) bond motifs is 1. The van der Waals surface area contributed by atoms with E-state index in [-0.39, 0.29) is 30.1 Å². The first-order chi connectivity index (χ1) is 16.1. The second-order valence-electron chi connectivity index (χ2n) is 10.2. The number of amides is 2. The van der Waals surface area contributed by atoms with Gasteiger partial charge < -0.3 is 19.1 Å². The zero-order chi connectivity index (χ0) is 24.5. The Balaban J connectivity index is 1.40. The number of hydrogen-bond donors (Lipinski definition) is 0. The summed E-state index contributed by atoms with van der Waals surface area (Å²) < 4.78 is 7.18. The molecule has 0 unspecified atom stereocenters. The van der Waals surface area contributed by atoms with Crippen molar-refractivity contribution in [1.29, 1.82) is 0 Å². The van der Waals surface area contributed by atoms with Crippen molar-refractivity contribution in [2.75, 3.05) is 37.6 Å². The lowest BCUT2D eigenvalue weighted by Crippen LogP contribution is -2.56. The van der Waals surface area contributed by atoms with Gasteiger partial charge in [-0.25, -0.2) is 4.79 Å². The van der Waals surface area contributed by atoms with Gasteiger partial charge in [-0.3, -0.25) is 14.5 Å². The summed E-state index contributed by atoms with van der Waals surface area (Å²) in [5.74, 6) is 0.0154. The highest BCUT2D eigenvalue weighted by Gasteiger charge is 2.33. The van der Waals surface area contributed by atoms with Gasteiger partial charge in [-0.15, -0.1) is 0 Å². The maximum absolute atomic E-state index is 13.2. The smallest absolute Gasteiger partial charge is 0.410 e. The van der Waals surface area contributed by atoms with E-state index in [4.69, 9.17) is 4.74 Å². The molecule has 1 aromatic carbocycles. The summed E-state index contributed by atoms with van der Waals surface area (Å²) in [6, 6.07) is 11.4. The van der Waals surface area contributed by atoms with Crippen LogP contribution in [0.4, 0.5) is 10.5 Å². The van der Waals surface area contributed by atoms with E-state index in [0.29, 0.717) is 39.1 Å². The molecule has 2 aliphatic rings. The number of anilines is 1. The molecule has 1 fully saturated rings. The Morgan fingerprint density at radius 1 is 1.09 bits per heavy atom. The van der Waals surface area contributed by atoms with Crippen molar-refractivity contribution in [1.82, 2.24) is 14.4 Å². The summed E-state index contributed by atoms with van der Waals surface area (Å²) in [4.78, 5) is 43.9. The lowest BCUT2D eigenvalue weighted by molar-refractivity contribution is -0.120. The van der Waals surface area contributed by atoms with Crippen LogP contribution in [0.15, 0.2) is 47.4 Å². The van der Waals surface area contributed by atoms with Gasteiger partial charge in [0.05, 0.1) is 18.8 Å². The normalized spacial score (nSPS) is 18.6. The van der Waals surface area contributed by atoms with Crippen molar-refractivity contribution in [3.05, 3.63) is 64.1 Å². The van der Waals surface area contributed by atoms with Crippen LogP contribution in [-0.2, 0) is 22.5 Å². The summed E-state index contributed by atoms with van der Waals surface area (Å²) >= 11 is 0. The minimum atomic E-state index is -0.533. The van der Waals surface area contributed by atoms with E-state index in [9.17, 15) is 14.4 Å². The minimum Gasteiger partial charge on any atom is -0.444 e. The van der Waals surface area contributed by atoms with Crippen molar-refractivity contribution in [3.8, 4) is 0 Å². The van der Waals surface area contributed by atoms with Crippen LogP contribution in [0.2, 0.25) is 0 Å². The fourth-order valence-electron chi connectivity index (χ4n) is 4.60.